The van der Waals surface area contributed by atoms with Crippen molar-refractivity contribution >= 4 is 15.9 Å². The maximum atomic E-state index is 13.6. The zero-order valence-corrected chi connectivity index (χ0v) is 11.6. The SMILES string of the molecule is CCCN(CCC)Cc1ccc(Br)cc1F. The van der Waals surface area contributed by atoms with Crippen LogP contribution in [0.4, 0.5) is 4.39 Å². The molecule has 0 spiro atoms. The molecule has 0 aliphatic heterocycles. The summed E-state index contributed by atoms with van der Waals surface area (Å²) in [6.07, 6.45) is 2.22. The van der Waals surface area contributed by atoms with Crippen molar-refractivity contribution in [3.63, 3.8) is 0 Å². The summed E-state index contributed by atoms with van der Waals surface area (Å²) in [5.74, 6) is -0.119. The molecule has 1 rings (SSSR count). The highest BCUT2D eigenvalue weighted by Crippen LogP contribution is 2.17. The molecule has 1 aromatic carbocycles. The third kappa shape index (κ3) is 4.22. The van der Waals surface area contributed by atoms with Crippen LogP contribution in [0.5, 0.6) is 0 Å². The molecule has 0 unspecified atom stereocenters. The molecule has 1 aromatic rings. The van der Waals surface area contributed by atoms with Crippen LogP contribution in [-0.2, 0) is 6.54 Å². The van der Waals surface area contributed by atoms with E-state index in [0.29, 0.717) is 6.54 Å². The Kier molecular flexibility index (Phi) is 5.99. The second-order valence-corrected chi connectivity index (χ2v) is 4.93. The van der Waals surface area contributed by atoms with E-state index in [1.165, 1.54) is 6.07 Å². The van der Waals surface area contributed by atoms with E-state index in [1.807, 2.05) is 12.1 Å². The highest BCUT2D eigenvalue weighted by molar-refractivity contribution is 9.10. The quantitative estimate of drug-likeness (QED) is 0.758. The number of hydrogen-bond acceptors (Lipinski definition) is 1. The largest absolute Gasteiger partial charge is 0.299 e. The highest BCUT2D eigenvalue weighted by Gasteiger charge is 2.08. The minimum atomic E-state index is -0.119. The van der Waals surface area contributed by atoms with E-state index in [9.17, 15) is 4.39 Å². The summed E-state index contributed by atoms with van der Waals surface area (Å²) in [5.41, 5.74) is 0.783. The molecular formula is C13H19BrFN. The van der Waals surface area contributed by atoms with Crippen molar-refractivity contribution in [1.29, 1.82) is 0 Å². The fourth-order valence-electron chi connectivity index (χ4n) is 1.79. The molecule has 0 aliphatic rings. The summed E-state index contributed by atoms with van der Waals surface area (Å²) in [6, 6.07) is 5.29. The summed E-state index contributed by atoms with van der Waals surface area (Å²) in [7, 11) is 0. The Morgan fingerprint density at radius 2 is 1.81 bits per heavy atom. The first-order valence-electron chi connectivity index (χ1n) is 5.83. The fourth-order valence-corrected chi connectivity index (χ4v) is 2.13. The van der Waals surface area contributed by atoms with Gasteiger partial charge in [0, 0.05) is 16.6 Å². The summed E-state index contributed by atoms with van der Waals surface area (Å²) in [6.45, 7) is 7.08. The first kappa shape index (κ1) is 13.7. The first-order valence-corrected chi connectivity index (χ1v) is 6.63. The van der Waals surface area contributed by atoms with Gasteiger partial charge in [0.1, 0.15) is 5.82 Å². The number of benzene rings is 1. The molecule has 16 heavy (non-hydrogen) atoms. The average Bonchev–Trinajstić information content (AvgIpc) is 2.23. The summed E-state index contributed by atoms with van der Waals surface area (Å²) >= 11 is 3.27. The third-order valence-corrected chi connectivity index (χ3v) is 2.98. The molecule has 0 saturated heterocycles. The maximum absolute atomic E-state index is 13.6. The molecule has 1 nitrogen and oxygen atoms in total. The van der Waals surface area contributed by atoms with Gasteiger partial charge >= 0.3 is 0 Å². The van der Waals surface area contributed by atoms with Crippen LogP contribution in [0, 0.1) is 5.82 Å². The van der Waals surface area contributed by atoms with Crippen LogP contribution >= 0.6 is 15.9 Å². The van der Waals surface area contributed by atoms with Gasteiger partial charge in [0.25, 0.3) is 0 Å². The van der Waals surface area contributed by atoms with Crippen molar-refractivity contribution in [3.05, 3.63) is 34.1 Å². The number of hydrogen-bond donors (Lipinski definition) is 0. The predicted octanol–water partition coefficient (Wildman–Crippen LogP) is 4.21. The second-order valence-electron chi connectivity index (χ2n) is 4.01. The van der Waals surface area contributed by atoms with Crippen LogP contribution < -0.4 is 0 Å². The van der Waals surface area contributed by atoms with Crippen LogP contribution in [0.25, 0.3) is 0 Å². The topological polar surface area (TPSA) is 3.24 Å². The van der Waals surface area contributed by atoms with Gasteiger partial charge in [-0.05, 0) is 38.1 Å². The van der Waals surface area contributed by atoms with E-state index in [1.54, 1.807) is 0 Å². The van der Waals surface area contributed by atoms with E-state index in [4.69, 9.17) is 0 Å². The van der Waals surface area contributed by atoms with Crippen molar-refractivity contribution < 1.29 is 4.39 Å². The molecule has 90 valence electrons. The number of rotatable bonds is 6. The lowest BCUT2D eigenvalue weighted by molar-refractivity contribution is 0.263. The molecule has 0 aromatic heterocycles. The van der Waals surface area contributed by atoms with Gasteiger partial charge in [-0.25, -0.2) is 4.39 Å². The van der Waals surface area contributed by atoms with Crippen LogP contribution in [-0.4, -0.2) is 18.0 Å². The molecule has 0 amide bonds. The van der Waals surface area contributed by atoms with Gasteiger partial charge in [-0.3, -0.25) is 4.90 Å². The van der Waals surface area contributed by atoms with Crippen LogP contribution in [0.3, 0.4) is 0 Å². The first-order chi connectivity index (χ1) is 7.67. The normalized spacial score (nSPS) is 11.1. The third-order valence-electron chi connectivity index (χ3n) is 2.49. The molecule has 0 fully saturated rings. The summed E-state index contributed by atoms with van der Waals surface area (Å²) in [4.78, 5) is 2.30. The Labute approximate surface area is 106 Å². The standard InChI is InChI=1S/C13H19BrFN/c1-3-7-16(8-4-2)10-11-5-6-12(14)9-13(11)15/h5-6,9H,3-4,7-8,10H2,1-2H3. The summed E-state index contributed by atoms with van der Waals surface area (Å²) in [5, 5.41) is 0. The van der Waals surface area contributed by atoms with Crippen LogP contribution in [0.15, 0.2) is 22.7 Å². The molecule has 0 atom stereocenters. The monoisotopic (exact) mass is 287 g/mol. The Morgan fingerprint density at radius 3 is 2.31 bits per heavy atom. The van der Waals surface area contributed by atoms with E-state index >= 15 is 0 Å². The molecule has 0 saturated carbocycles. The lowest BCUT2D eigenvalue weighted by Gasteiger charge is -2.21. The van der Waals surface area contributed by atoms with Crippen molar-refractivity contribution in [2.45, 2.75) is 33.2 Å². The predicted molar refractivity (Wildman–Crippen MR) is 70.0 cm³/mol. The van der Waals surface area contributed by atoms with Crippen molar-refractivity contribution in [2.24, 2.45) is 0 Å². The fraction of sp³-hybridized carbons (Fsp3) is 0.538. The highest BCUT2D eigenvalue weighted by atomic mass is 79.9. The molecule has 3 heteroatoms. The van der Waals surface area contributed by atoms with Gasteiger partial charge < -0.3 is 0 Å². The van der Waals surface area contributed by atoms with Crippen molar-refractivity contribution in [1.82, 2.24) is 4.90 Å². The Balaban J connectivity index is 2.68. The second kappa shape index (κ2) is 7.02. The molecule has 0 aliphatic carbocycles. The van der Waals surface area contributed by atoms with Gasteiger partial charge in [0.05, 0.1) is 0 Å². The lowest BCUT2D eigenvalue weighted by atomic mass is 10.2. The maximum Gasteiger partial charge on any atom is 0.128 e. The van der Waals surface area contributed by atoms with Gasteiger partial charge in [-0.1, -0.05) is 35.8 Å². The van der Waals surface area contributed by atoms with Crippen molar-refractivity contribution in [3.8, 4) is 0 Å². The minimum Gasteiger partial charge on any atom is -0.299 e. The van der Waals surface area contributed by atoms with Crippen LogP contribution in [0.1, 0.15) is 32.3 Å². The van der Waals surface area contributed by atoms with Gasteiger partial charge in [-0.2, -0.15) is 0 Å². The minimum absolute atomic E-state index is 0.119. The number of nitrogens with zero attached hydrogens (tertiary/aromatic N) is 1. The molecular weight excluding hydrogens is 269 g/mol. The zero-order valence-electron chi connectivity index (χ0n) is 9.97. The van der Waals surface area contributed by atoms with Gasteiger partial charge in [0.2, 0.25) is 0 Å². The molecule has 0 bridgehead atoms. The Bertz CT molecular complexity index is 322. The average molecular weight is 288 g/mol. The van der Waals surface area contributed by atoms with Crippen LogP contribution in [0.2, 0.25) is 0 Å². The molecule has 0 radical (unpaired) electrons. The van der Waals surface area contributed by atoms with Gasteiger partial charge in [-0.15, -0.1) is 0 Å². The Morgan fingerprint density at radius 1 is 1.19 bits per heavy atom. The zero-order chi connectivity index (χ0) is 12.0. The molecule has 0 N–H and O–H groups in total. The van der Waals surface area contributed by atoms with E-state index in [2.05, 4.69) is 34.7 Å². The Hall–Kier alpha value is -0.410. The van der Waals surface area contributed by atoms with E-state index in [-0.39, 0.29) is 5.82 Å². The van der Waals surface area contributed by atoms with Gasteiger partial charge in [0.15, 0.2) is 0 Å². The van der Waals surface area contributed by atoms with Crippen molar-refractivity contribution in [2.75, 3.05) is 13.1 Å². The summed E-state index contributed by atoms with van der Waals surface area (Å²) < 4.78 is 14.4. The molecule has 0 heterocycles. The van der Waals surface area contributed by atoms with E-state index < -0.39 is 0 Å². The lowest BCUT2D eigenvalue weighted by Crippen LogP contribution is -2.25. The smallest absolute Gasteiger partial charge is 0.128 e. The van der Waals surface area contributed by atoms with E-state index in [0.717, 1.165) is 36.0 Å². The number of halogens is 2.